The van der Waals surface area contributed by atoms with Crippen LogP contribution in [0.5, 0.6) is 0 Å². The van der Waals surface area contributed by atoms with Crippen LogP contribution in [0, 0.1) is 0 Å². The van der Waals surface area contributed by atoms with Crippen LogP contribution in [-0.4, -0.2) is 43.8 Å². The molecule has 2 atom stereocenters. The molecule has 21 heavy (non-hydrogen) atoms. The largest absolute Gasteiger partial charge is 0.398 e. The number of hydrogen-bond donors (Lipinski definition) is 0. The van der Waals surface area contributed by atoms with Crippen LogP contribution in [0.2, 0.25) is 45.3 Å². The van der Waals surface area contributed by atoms with E-state index in [1.807, 2.05) is 0 Å². The summed E-state index contributed by atoms with van der Waals surface area (Å²) in [4.78, 5) is 0. The summed E-state index contributed by atoms with van der Waals surface area (Å²) in [6.45, 7) is 13.6. The lowest BCUT2D eigenvalue weighted by Gasteiger charge is -2.32. The predicted molar refractivity (Wildman–Crippen MR) is 96.7 cm³/mol. The van der Waals surface area contributed by atoms with Crippen LogP contribution in [0.25, 0.3) is 0 Å². The SMILES string of the molecule is C[Si](C)(C)OC(O[Si](C)(C)C)[SiH2]CCC12CCCCC1O2. The summed E-state index contributed by atoms with van der Waals surface area (Å²) in [5.41, 5.74) is 0.286. The molecule has 2 aliphatic rings. The zero-order valence-corrected chi connectivity index (χ0v) is 18.2. The second kappa shape index (κ2) is 6.57. The van der Waals surface area contributed by atoms with Gasteiger partial charge in [-0.2, -0.15) is 0 Å². The van der Waals surface area contributed by atoms with Gasteiger partial charge in [0.25, 0.3) is 0 Å². The summed E-state index contributed by atoms with van der Waals surface area (Å²) < 4.78 is 18.7. The first kappa shape index (κ1) is 17.9. The quantitative estimate of drug-likeness (QED) is 0.382. The summed E-state index contributed by atoms with van der Waals surface area (Å²) in [5, 5.41) is 0. The first-order valence-electron chi connectivity index (χ1n) is 8.63. The zero-order valence-electron chi connectivity index (χ0n) is 14.8. The molecule has 0 aromatic carbocycles. The fourth-order valence-electron chi connectivity index (χ4n) is 3.39. The van der Waals surface area contributed by atoms with E-state index in [0.29, 0.717) is 6.10 Å². The van der Waals surface area contributed by atoms with Crippen molar-refractivity contribution in [1.29, 1.82) is 0 Å². The van der Waals surface area contributed by atoms with E-state index in [2.05, 4.69) is 39.3 Å². The van der Waals surface area contributed by atoms with Gasteiger partial charge in [-0.15, -0.1) is 0 Å². The smallest absolute Gasteiger partial charge is 0.186 e. The molecule has 0 aromatic heterocycles. The van der Waals surface area contributed by atoms with E-state index in [1.165, 1.54) is 38.1 Å². The molecule has 2 rings (SSSR count). The highest BCUT2D eigenvalue weighted by atomic mass is 28.4. The molecule has 1 aliphatic heterocycles. The minimum Gasteiger partial charge on any atom is -0.398 e. The van der Waals surface area contributed by atoms with E-state index in [1.54, 1.807) is 0 Å². The summed E-state index contributed by atoms with van der Waals surface area (Å²) in [5.74, 6) is 0.139. The van der Waals surface area contributed by atoms with Crippen molar-refractivity contribution in [3.05, 3.63) is 0 Å². The summed E-state index contributed by atoms with van der Waals surface area (Å²) >= 11 is 0. The second-order valence-electron chi connectivity index (χ2n) is 8.70. The van der Waals surface area contributed by atoms with Crippen LogP contribution in [0.15, 0.2) is 0 Å². The van der Waals surface area contributed by atoms with Gasteiger partial charge in [0, 0.05) is 0 Å². The normalized spacial score (nSPS) is 30.1. The molecular formula is C15H34O3Si3. The Morgan fingerprint density at radius 1 is 1.10 bits per heavy atom. The van der Waals surface area contributed by atoms with E-state index in [0.717, 1.165) is 0 Å². The number of hydrogen-bond acceptors (Lipinski definition) is 3. The Kier molecular flexibility index (Phi) is 5.59. The molecule has 0 aromatic rings. The molecular weight excluding hydrogens is 312 g/mol. The molecule has 0 spiro atoms. The molecule has 1 saturated carbocycles. The monoisotopic (exact) mass is 346 g/mol. The topological polar surface area (TPSA) is 31.0 Å². The van der Waals surface area contributed by atoms with E-state index in [4.69, 9.17) is 13.6 Å². The summed E-state index contributed by atoms with van der Waals surface area (Å²) in [6.07, 6.45) is 7.16. The molecule has 0 bridgehead atoms. The van der Waals surface area contributed by atoms with Crippen molar-refractivity contribution >= 4 is 26.2 Å². The lowest BCUT2D eigenvalue weighted by molar-refractivity contribution is 0.0603. The van der Waals surface area contributed by atoms with E-state index in [-0.39, 0.29) is 21.0 Å². The summed E-state index contributed by atoms with van der Waals surface area (Å²) in [6, 6.07) is 1.30. The molecule has 6 heteroatoms. The van der Waals surface area contributed by atoms with Crippen molar-refractivity contribution in [2.45, 2.75) is 95.0 Å². The lowest BCUT2D eigenvalue weighted by atomic mass is 9.87. The summed E-state index contributed by atoms with van der Waals surface area (Å²) in [7, 11) is -3.38. The molecule has 3 nitrogen and oxygen atoms in total. The van der Waals surface area contributed by atoms with Crippen LogP contribution >= 0.6 is 0 Å². The van der Waals surface area contributed by atoms with Crippen molar-refractivity contribution in [1.82, 2.24) is 0 Å². The van der Waals surface area contributed by atoms with Gasteiger partial charge in [0.15, 0.2) is 16.6 Å². The Labute approximate surface area is 135 Å². The molecule has 1 aliphatic carbocycles. The maximum absolute atomic E-state index is 6.32. The molecule has 0 radical (unpaired) electrons. The lowest BCUT2D eigenvalue weighted by Crippen LogP contribution is -2.43. The minimum atomic E-state index is -1.52. The van der Waals surface area contributed by atoms with Gasteiger partial charge >= 0.3 is 0 Å². The van der Waals surface area contributed by atoms with E-state index >= 15 is 0 Å². The van der Waals surface area contributed by atoms with Gasteiger partial charge in [-0.25, -0.2) is 0 Å². The number of epoxide rings is 1. The van der Waals surface area contributed by atoms with Crippen LogP contribution in [0.4, 0.5) is 0 Å². The van der Waals surface area contributed by atoms with Crippen molar-refractivity contribution < 1.29 is 13.6 Å². The van der Waals surface area contributed by atoms with Gasteiger partial charge in [0.05, 0.1) is 21.2 Å². The van der Waals surface area contributed by atoms with Gasteiger partial charge in [0.1, 0.15) is 5.91 Å². The van der Waals surface area contributed by atoms with E-state index < -0.39 is 16.6 Å². The number of fused-ring (bicyclic) bond motifs is 1. The van der Waals surface area contributed by atoms with Crippen LogP contribution in [-0.2, 0) is 13.6 Å². The molecule has 1 heterocycles. The van der Waals surface area contributed by atoms with E-state index in [9.17, 15) is 0 Å². The minimum absolute atomic E-state index is 0.139. The van der Waals surface area contributed by atoms with Crippen LogP contribution < -0.4 is 0 Å². The predicted octanol–water partition coefficient (Wildman–Crippen LogP) is 3.66. The molecule has 2 unspecified atom stereocenters. The highest BCUT2D eigenvalue weighted by molar-refractivity contribution is 6.71. The fraction of sp³-hybridized carbons (Fsp3) is 1.00. The molecule has 1 saturated heterocycles. The molecule has 0 amide bonds. The van der Waals surface area contributed by atoms with Crippen molar-refractivity contribution in [3.63, 3.8) is 0 Å². The molecule has 2 fully saturated rings. The first-order chi connectivity index (χ1) is 9.60. The maximum Gasteiger partial charge on any atom is 0.186 e. The van der Waals surface area contributed by atoms with Crippen molar-refractivity contribution in [3.8, 4) is 0 Å². The maximum atomic E-state index is 6.32. The third-order valence-corrected chi connectivity index (χ3v) is 8.41. The van der Waals surface area contributed by atoms with Gasteiger partial charge in [0.2, 0.25) is 0 Å². The average Bonchev–Trinajstić information content (AvgIpc) is 2.98. The van der Waals surface area contributed by atoms with Gasteiger partial charge in [-0.05, 0) is 58.5 Å². The Hall–Kier alpha value is 0.531. The number of ether oxygens (including phenoxy) is 1. The Bertz CT molecular complexity index is 335. The Morgan fingerprint density at radius 3 is 2.24 bits per heavy atom. The molecule has 0 N–H and O–H groups in total. The van der Waals surface area contributed by atoms with Gasteiger partial charge in [-0.3, -0.25) is 0 Å². The van der Waals surface area contributed by atoms with Gasteiger partial charge in [-0.1, -0.05) is 18.9 Å². The average molecular weight is 347 g/mol. The second-order valence-corrected chi connectivity index (χ2v) is 19.6. The zero-order chi connectivity index (χ0) is 15.7. The Morgan fingerprint density at radius 2 is 1.71 bits per heavy atom. The number of rotatable bonds is 8. The van der Waals surface area contributed by atoms with Crippen LogP contribution in [0.3, 0.4) is 0 Å². The highest BCUT2D eigenvalue weighted by Gasteiger charge is 2.56. The van der Waals surface area contributed by atoms with Crippen molar-refractivity contribution in [2.24, 2.45) is 0 Å². The third-order valence-electron chi connectivity index (χ3n) is 4.23. The molecule has 124 valence electrons. The standard InChI is InChI=1S/C15H34O3Si3/c1-20(2,3)17-14(18-21(4,5)6)19-12-11-15-10-8-7-9-13(15)16-15/h13-14H,7-12,19H2,1-6H3. The van der Waals surface area contributed by atoms with Crippen molar-refractivity contribution in [2.75, 3.05) is 0 Å². The van der Waals surface area contributed by atoms with Crippen LogP contribution in [0.1, 0.15) is 32.1 Å². The Balaban J connectivity index is 1.78. The first-order valence-corrected chi connectivity index (χ1v) is 17.3. The third kappa shape index (κ3) is 5.91. The van der Waals surface area contributed by atoms with Gasteiger partial charge < -0.3 is 13.6 Å². The highest BCUT2D eigenvalue weighted by Crippen LogP contribution is 2.50. The fourth-order valence-corrected chi connectivity index (χ4v) is 10.2.